The fourth-order valence-corrected chi connectivity index (χ4v) is 4.92. The first-order valence-corrected chi connectivity index (χ1v) is 12.2. The van der Waals surface area contributed by atoms with E-state index in [0.29, 0.717) is 24.5 Å². The minimum Gasteiger partial charge on any atom is -0.395 e. The Bertz CT molecular complexity index is 1110. The maximum absolute atomic E-state index is 12.5. The number of aliphatic hydroxyl groups excluding tert-OH is 2. The Morgan fingerprint density at radius 2 is 1.56 bits per heavy atom. The molecule has 0 saturated carbocycles. The van der Waals surface area contributed by atoms with E-state index in [9.17, 15) is 15.0 Å². The Morgan fingerprint density at radius 1 is 0.912 bits per heavy atom. The molecule has 0 saturated heterocycles. The van der Waals surface area contributed by atoms with Gasteiger partial charge in [-0.2, -0.15) is 0 Å². The summed E-state index contributed by atoms with van der Waals surface area (Å²) in [5.41, 5.74) is 6.33. The Balaban J connectivity index is 1.73. The quantitative estimate of drug-likeness (QED) is 0.418. The molecule has 1 unspecified atom stereocenters. The SMILES string of the molecule is CCCN(CCO)c1ccc(C(c2ccc(Cl)cc2)c2ccc3c(c2)CC(=O)N3CCO)cc1. The number of fused-ring (bicyclic) bond motifs is 1. The summed E-state index contributed by atoms with van der Waals surface area (Å²) in [5.74, 6) is 0.00423. The molecule has 0 aliphatic carbocycles. The summed E-state index contributed by atoms with van der Waals surface area (Å²) >= 11 is 6.17. The molecule has 2 N–H and O–H groups in total. The standard InChI is InChI=1S/C28H31ClN2O3/c1-2-13-30(14-16-32)25-10-5-21(6-11-25)28(20-3-8-24(29)9-4-20)22-7-12-26-23(18-22)19-27(34)31(26)15-17-33/h3-12,18,28,32-33H,2,13-17,19H2,1H3. The second kappa shape index (κ2) is 11.0. The maximum atomic E-state index is 12.5. The number of nitrogens with zero attached hydrogens (tertiary/aromatic N) is 2. The molecular formula is C28H31ClN2O3. The minimum atomic E-state index is -0.0575. The lowest BCUT2D eigenvalue weighted by molar-refractivity contribution is -0.117. The van der Waals surface area contributed by atoms with Crippen molar-refractivity contribution in [1.82, 2.24) is 0 Å². The monoisotopic (exact) mass is 478 g/mol. The summed E-state index contributed by atoms with van der Waals surface area (Å²) in [5, 5.41) is 19.5. The second-order valence-corrected chi connectivity index (χ2v) is 9.06. The second-order valence-electron chi connectivity index (χ2n) is 8.62. The minimum absolute atomic E-state index is 0.0175. The first-order chi connectivity index (χ1) is 16.5. The number of aliphatic hydroxyl groups is 2. The normalized spacial score (nSPS) is 13.8. The van der Waals surface area contributed by atoms with Gasteiger partial charge in [0.25, 0.3) is 0 Å². The molecule has 1 heterocycles. The van der Waals surface area contributed by atoms with E-state index >= 15 is 0 Å². The first-order valence-electron chi connectivity index (χ1n) is 11.8. The smallest absolute Gasteiger partial charge is 0.231 e. The molecule has 5 nitrogen and oxygen atoms in total. The third kappa shape index (κ3) is 5.12. The van der Waals surface area contributed by atoms with Gasteiger partial charge in [0.15, 0.2) is 0 Å². The summed E-state index contributed by atoms with van der Waals surface area (Å²) in [4.78, 5) is 16.3. The van der Waals surface area contributed by atoms with Crippen LogP contribution in [-0.2, 0) is 11.2 Å². The van der Waals surface area contributed by atoms with Gasteiger partial charge in [-0.05, 0) is 59.0 Å². The number of rotatable bonds is 10. The number of hydrogen-bond acceptors (Lipinski definition) is 4. The lowest BCUT2D eigenvalue weighted by Gasteiger charge is -2.25. The average Bonchev–Trinajstić information content (AvgIpc) is 3.15. The van der Waals surface area contributed by atoms with Crippen molar-refractivity contribution in [3.05, 3.63) is 94.0 Å². The van der Waals surface area contributed by atoms with Crippen LogP contribution in [0.3, 0.4) is 0 Å². The van der Waals surface area contributed by atoms with Gasteiger partial charge in [-0.3, -0.25) is 4.79 Å². The molecule has 1 aliphatic rings. The number of benzene rings is 3. The van der Waals surface area contributed by atoms with Crippen molar-refractivity contribution in [3.63, 3.8) is 0 Å². The van der Waals surface area contributed by atoms with Crippen molar-refractivity contribution < 1.29 is 15.0 Å². The summed E-state index contributed by atoms with van der Waals surface area (Å²) in [6.07, 6.45) is 1.36. The highest BCUT2D eigenvalue weighted by Crippen LogP contribution is 2.37. The molecule has 1 aliphatic heterocycles. The molecule has 4 rings (SSSR count). The van der Waals surface area contributed by atoms with Crippen LogP contribution in [0.4, 0.5) is 11.4 Å². The number of hydrogen-bond donors (Lipinski definition) is 2. The van der Waals surface area contributed by atoms with Crippen LogP contribution in [0.1, 0.15) is 41.5 Å². The van der Waals surface area contributed by atoms with Gasteiger partial charge in [-0.15, -0.1) is 0 Å². The zero-order valence-corrected chi connectivity index (χ0v) is 20.2. The molecule has 1 atom stereocenters. The Labute approximate surface area is 206 Å². The fourth-order valence-electron chi connectivity index (χ4n) is 4.80. The van der Waals surface area contributed by atoms with Gasteiger partial charge in [0.2, 0.25) is 5.91 Å². The molecule has 0 spiro atoms. The highest BCUT2D eigenvalue weighted by molar-refractivity contribution is 6.30. The van der Waals surface area contributed by atoms with E-state index in [4.69, 9.17) is 11.6 Å². The van der Waals surface area contributed by atoms with E-state index in [2.05, 4.69) is 48.2 Å². The van der Waals surface area contributed by atoms with Gasteiger partial charge in [0.05, 0.1) is 19.6 Å². The predicted molar refractivity (Wildman–Crippen MR) is 138 cm³/mol. The zero-order valence-electron chi connectivity index (χ0n) is 19.5. The molecule has 3 aromatic carbocycles. The topological polar surface area (TPSA) is 64.0 Å². The van der Waals surface area contributed by atoms with E-state index in [0.717, 1.165) is 46.6 Å². The Hall–Kier alpha value is -2.86. The van der Waals surface area contributed by atoms with Gasteiger partial charge in [-0.25, -0.2) is 0 Å². The number of anilines is 2. The maximum Gasteiger partial charge on any atom is 0.231 e. The van der Waals surface area contributed by atoms with Crippen LogP contribution in [0.25, 0.3) is 0 Å². The molecule has 34 heavy (non-hydrogen) atoms. The molecule has 0 aromatic heterocycles. The van der Waals surface area contributed by atoms with E-state index in [1.54, 1.807) is 4.90 Å². The van der Waals surface area contributed by atoms with Gasteiger partial charge in [0.1, 0.15) is 0 Å². The van der Waals surface area contributed by atoms with Crippen LogP contribution in [0.15, 0.2) is 66.7 Å². The van der Waals surface area contributed by atoms with Crippen molar-refractivity contribution in [2.24, 2.45) is 0 Å². The van der Waals surface area contributed by atoms with Crippen molar-refractivity contribution in [3.8, 4) is 0 Å². The van der Waals surface area contributed by atoms with E-state index in [1.165, 1.54) is 0 Å². The number of carbonyl (C=O) groups is 1. The number of β-amino-alcohol motifs (C(OH)–C–C–N with tert-alkyl or cyclic N) is 1. The number of carbonyl (C=O) groups excluding carboxylic acids is 1. The number of amides is 1. The van der Waals surface area contributed by atoms with Gasteiger partial charge < -0.3 is 20.0 Å². The van der Waals surface area contributed by atoms with Crippen LogP contribution in [0.2, 0.25) is 5.02 Å². The summed E-state index contributed by atoms with van der Waals surface area (Å²) in [6.45, 7) is 4.01. The van der Waals surface area contributed by atoms with E-state index in [-0.39, 0.29) is 25.0 Å². The zero-order chi connectivity index (χ0) is 24.1. The molecule has 3 aromatic rings. The predicted octanol–water partition coefficient (Wildman–Crippen LogP) is 4.61. The van der Waals surface area contributed by atoms with Gasteiger partial charge in [0, 0.05) is 41.9 Å². The lowest BCUT2D eigenvalue weighted by atomic mass is 9.84. The van der Waals surface area contributed by atoms with Gasteiger partial charge in [-0.1, -0.05) is 54.9 Å². The molecular weight excluding hydrogens is 448 g/mol. The van der Waals surface area contributed by atoms with Crippen molar-refractivity contribution in [1.29, 1.82) is 0 Å². The summed E-state index contributed by atoms with van der Waals surface area (Å²) < 4.78 is 0. The van der Waals surface area contributed by atoms with Crippen molar-refractivity contribution in [2.45, 2.75) is 25.7 Å². The van der Waals surface area contributed by atoms with E-state index < -0.39 is 0 Å². The highest BCUT2D eigenvalue weighted by Gasteiger charge is 2.28. The molecule has 1 amide bonds. The van der Waals surface area contributed by atoms with Crippen LogP contribution in [0.5, 0.6) is 0 Å². The Morgan fingerprint density at radius 3 is 2.18 bits per heavy atom. The third-order valence-corrected chi connectivity index (χ3v) is 6.60. The molecule has 0 fully saturated rings. The average molecular weight is 479 g/mol. The first kappa shape index (κ1) is 24.3. The van der Waals surface area contributed by atoms with E-state index in [1.807, 2.05) is 30.3 Å². The molecule has 178 valence electrons. The third-order valence-electron chi connectivity index (χ3n) is 6.35. The van der Waals surface area contributed by atoms with Crippen LogP contribution in [-0.4, -0.2) is 49.0 Å². The Kier molecular flexibility index (Phi) is 7.88. The fraction of sp³-hybridized carbons (Fsp3) is 0.321. The van der Waals surface area contributed by atoms with Crippen LogP contribution in [0, 0.1) is 0 Å². The lowest BCUT2D eigenvalue weighted by Crippen LogP contribution is -2.29. The molecule has 6 heteroatoms. The summed E-state index contributed by atoms with van der Waals surface area (Å²) in [6, 6.07) is 22.6. The highest BCUT2D eigenvalue weighted by atomic mass is 35.5. The largest absolute Gasteiger partial charge is 0.395 e. The van der Waals surface area contributed by atoms with Crippen LogP contribution < -0.4 is 9.80 Å². The van der Waals surface area contributed by atoms with Crippen LogP contribution >= 0.6 is 11.6 Å². The number of halogens is 1. The van der Waals surface area contributed by atoms with Crippen molar-refractivity contribution >= 4 is 28.9 Å². The summed E-state index contributed by atoms with van der Waals surface area (Å²) in [7, 11) is 0. The van der Waals surface area contributed by atoms with Gasteiger partial charge >= 0.3 is 0 Å². The molecule has 0 radical (unpaired) electrons. The van der Waals surface area contributed by atoms with Crippen molar-refractivity contribution in [2.75, 3.05) is 42.6 Å². The molecule has 0 bridgehead atoms.